The van der Waals surface area contributed by atoms with Crippen molar-refractivity contribution >= 4 is 16.9 Å². The van der Waals surface area contributed by atoms with E-state index in [9.17, 15) is 9.59 Å². The van der Waals surface area contributed by atoms with Crippen molar-refractivity contribution in [2.75, 3.05) is 6.61 Å². The molecule has 1 aromatic heterocycles. The number of fused-ring (bicyclic) bond motifs is 6. The Morgan fingerprint density at radius 2 is 1.85 bits per heavy atom. The van der Waals surface area contributed by atoms with Crippen molar-refractivity contribution in [1.29, 1.82) is 0 Å². The highest BCUT2D eigenvalue weighted by Gasteiger charge is 2.59. The first-order valence-corrected chi connectivity index (χ1v) is 19.0. The quantitative estimate of drug-likeness (QED) is 0.138. The smallest absolute Gasteiger partial charge is 0.344 e. The lowest BCUT2D eigenvalue weighted by molar-refractivity contribution is -0.153. The fourth-order valence-corrected chi connectivity index (χ4v) is 11.1. The normalized spacial score (nSPS) is 32.3. The van der Waals surface area contributed by atoms with Gasteiger partial charge in [0.15, 0.2) is 6.61 Å². The molecule has 258 valence electrons. The maximum atomic E-state index is 12.9. The highest BCUT2D eigenvalue weighted by molar-refractivity contribution is 5.82. The molecule has 0 N–H and O–H groups in total. The number of carbonyl (C=O) groups excluding carboxylic acids is 1. The van der Waals surface area contributed by atoms with Crippen LogP contribution < -0.4 is 10.4 Å². The van der Waals surface area contributed by atoms with Crippen molar-refractivity contribution in [2.24, 2.45) is 46.3 Å². The van der Waals surface area contributed by atoms with Crippen molar-refractivity contribution in [3.8, 4) is 5.75 Å². The summed E-state index contributed by atoms with van der Waals surface area (Å²) in [5.41, 5.74) is 4.14. The van der Waals surface area contributed by atoms with Gasteiger partial charge in [0.2, 0.25) is 0 Å². The first kappa shape index (κ1) is 34.3. The number of hydrogen-bond acceptors (Lipinski definition) is 5. The molecule has 0 saturated heterocycles. The highest BCUT2D eigenvalue weighted by Crippen LogP contribution is 2.67. The van der Waals surface area contributed by atoms with Crippen molar-refractivity contribution in [3.05, 3.63) is 51.4 Å². The van der Waals surface area contributed by atoms with Crippen molar-refractivity contribution in [1.82, 2.24) is 0 Å². The molecule has 3 saturated carbocycles. The van der Waals surface area contributed by atoms with E-state index < -0.39 is 0 Å². The standard InChI is InChI=1S/C42H60O5/c1-8-10-33-28(5)32-16-14-30(24-38(32)47-40(33)44)45-25-39(43)46-31-19-21-41(6)29(23-31)13-15-34-36-18-17-35(27(4)12-9-11-26(2)3)42(36,7)22-20-37(34)41/h13-14,16,24,26-27,31,34-37H,8-12,15,17-23,25H2,1-7H3/t27-,31+,34+,35-,36+,37+,41+,42-/m1/s1. The van der Waals surface area contributed by atoms with Gasteiger partial charge >= 0.3 is 11.6 Å². The third-order valence-electron chi connectivity index (χ3n) is 13.7. The van der Waals surface area contributed by atoms with E-state index in [0.29, 0.717) is 23.2 Å². The summed E-state index contributed by atoms with van der Waals surface area (Å²) in [6, 6.07) is 5.45. The van der Waals surface area contributed by atoms with Crippen molar-refractivity contribution < 1.29 is 18.7 Å². The molecule has 8 atom stereocenters. The summed E-state index contributed by atoms with van der Waals surface area (Å²) in [5.74, 6) is 5.11. The van der Waals surface area contributed by atoms with Crippen LogP contribution in [0.3, 0.4) is 0 Å². The molecule has 0 spiro atoms. The van der Waals surface area contributed by atoms with Gasteiger partial charge in [0.25, 0.3) is 0 Å². The SMILES string of the molecule is CCCc1c(C)c2ccc(OCC(=O)O[C@H]3CC[C@@]4(C)C(=CC[C@H]5[C@@H]6CC[C@H]([C@H](C)CCCC(C)C)[C@@]6(C)CC[C@@H]54)C3)cc2oc1=O. The number of rotatable bonds is 11. The van der Waals surface area contributed by atoms with E-state index in [0.717, 1.165) is 77.7 Å². The maximum Gasteiger partial charge on any atom is 0.344 e. The minimum Gasteiger partial charge on any atom is -0.482 e. The fraction of sp³-hybridized carbons (Fsp3) is 0.714. The number of ether oxygens (including phenoxy) is 2. The van der Waals surface area contributed by atoms with Crippen molar-refractivity contribution in [3.63, 3.8) is 0 Å². The van der Waals surface area contributed by atoms with Crippen LogP contribution in [0.4, 0.5) is 0 Å². The van der Waals surface area contributed by atoms with E-state index >= 15 is 0 Å². The molecule has 4 aliphatic carbocycles. The number of allylic oxidation sites excluding steroid dienone is 1. The van der Waals surface area contributed by atoms with Crippen LogP contribution in [-0.2, 0) is 16.0 Å². The summed E-state index contributed by atoms with van der Waals surface area (Å²) in [6.45, 7) is 16.3. The van der Waals surface area contributed by atoms with E-state index in [1.165, 1.54) is 56.9 Å². The van der Waals surface area contributed by atoms with Gasteiger partial charge in [0, 0.05) is 23.4 Å². The molecule has 1 heterocycles. The van der Waals surface area contributed by atoms with Gasteiger partial charge in [-0.25, -0.2) is 9.59 Å². The van der Waals surface area contributed by atoms with E-state index in [1.54, 1.807) is 6.07 Å². The summed E-state index contributed by atoms with van der Waals surface area (Å²) in [5, 5.41) is 0.901. The molecule has 0 aliphatic heterocycles. The van der Waals surface area contributed by atoms with Crippen LogP contribution in [0.5, 0.6) is 5.75 Å². The van der Waals surface area contributed by atoms with Gasteiger partial charge in [-0.15, -0.1) is 0 Å². The molecule has 6 rings (SSSR count). The van der Waals surface area contributed by atoms with Gasteiger partial charge in [-0.1, -0.05) is 78.9 Å². The molecule has 47 heavy (non-hydrogen) atoms. The van der Waals surface area contributed by atoms with Crippen LogP contribution >= 0.6 is 0 Å². The summed E-state index contributed by atoms with van der Waals surface area (Å²) in [6.07, 6.45) is 17.8. The van der Waals surface area contributed by atoms with Gasteiger partial charge in [-0.05, 0) is 122 Å². The van der Waals surface area contributed by atoms with Crippen LogP contribution in [0.2, 0.25) is 0 Å². The molecule has 5 nitrogen and oxygen atoms in total. The number of hydrogen-bond donors (Lipinski definition) is 0. The zero-order valence-corrected chi connectivity index (χ0v) is 30.3. The molecule has 2 aromatic rings. The fourth-order valence-electron chi connectivity index (χ4n) is 11.1. The Bertz CT molecular complexity index is 1530. The topological polar surface area (TPSA) is 65.7 Å². The predicted molar refractivity (Wildman–Crippen MR) is 190 cm³/mol. The molecule has 0 bridgehead atoms. The van der Waals surface area contributed by atoms with Gasteiger partial charge in [0.1, 0.15) is 17.4 Å². The summed E-state index contributed by atoms with van der Waals surface area (Å²) >= 11 is 0. The molecule has 3 fully saturated rings. The summed E-state index contributed by atoms with van der Waals surface area (Å²) in [4.78, 5) is 25.5. The van der Waals surface area contributed by atoms with Crippen LogP contribution in [0, 0.1) is 53.3 Å². The lowest BCUT2D eigenvalue weighted by Crippen LogP contribution is -2.51. The Hall–Kier alpha value is -2.56. The predicted octanol–water partition coefficient (Wildman–Crippen LogP) is 10.4. The van der Waals surface area contributed by atoms with Gasteiger partial charge in [-0.3, -0.25) is 0 Å². The molecule has 0 radical (unpaired) electrons. The molecular formula is C42H60O5. The van der Waals surface area contributed by atoms with Crippen LogP contribution in [0.25, 0.3) is 11.0 Å². The Morgan fingerprint density at radius 3 is 2.62 bits per heavy atom. The minimum atomic E-state index is -0.336. The average molecular weight is 645 g/mol. The van der Waals surface area contributed by atoms with Gasteiger partial charge in [0.05, 0.1) is 0 Å². The summed E-state index contributed by atoms with van der Waals surface area (Å²) in [7, 11) is 0. The Balaban J connectivity index is 1.05. The van der Waals surface area contributed by atoms with Crippen LogP contribution in [-0.4, -0.2) is 18.7 Å². The Labute approximate surface area is 283 Å². The number of esters is 1. The second kappa shape index (κ2) is 13.7. The number of aryl methyl sites for hydroxylation is 1. The first-order chi connectivity index (χ1) is 22.4. The average Bonchev–Trinajstić information content (AvgIpc) is 3.39. The lowest BCUT2D eigenvalue weighted by Gasteiger charge is -2.58. The Kier molecular flexibility index (Phi) is 10.0. The molecule has 1 aromatic carbocycles. The van der Waals surface area contributed by atoms with E-state index in [2.05, 4.69) is 47.6 Å². The molecule has 0 unspecified atom stereocenters. The van der Waals surface area contributed by atoms with Gasteiger partial charge < -0.3 is 13.9 Å². The molecular weight excluding hydrogens is 584 g/mol. The monoisotopic (exact) mass is 644 g/mol. The zero-order valence-electron chi connectivity index (χ0n) is 30.3. The molecule has 0 amide bonds. The van der Waals surface area contributed by atoms with Crippen LogP contribution in [0.15, 0.2) is 39.1 Å². The second-order valence-electron chi connectivity index (χ2n) is 16.8. The zero-order chi connectivity index (χ0) is 33.5. The largest absolute Gasteiger partial charge is 0.482 e. The number of carbonyl (C=O) groups is 1. The third kappa shape index (κ3) is 6.58. The van der Waals surface area contributed by atoms with E-state index in [-0.39, 0.29) is 29.7 Å². The second-order valence-corrected chi connectivity index (χ2v) is 16.8. The lowest BCUT2D eigenvalue weighted by atomic mass is 9.47. The van der Waals surface area contributed by atoms with Crippen LogP contribution in [0.1, 0.15) is 130 Å². The maximum absolute atomic E-state index is 12.9. The Morgan fingerprint density at radius 1 is 1.04 bits per heavy atom. The van der Waals surface area contributed by atoms with Crippen molar-refractivity contribution in [2.45, 2.75) is 138 Å². The third-order valence-corrected chi connectivity index (χ3v) is 13.7. The summed E-state index contributed by atoms with van der Waals surface area (Å²) < 4.78 is 17.4. The molecule has 5 heteroatoms. The molecule has 4 aliphatic rings. The van der Waals surface area contributed by atoms with Gasteiger partial charge in [-0.2, -0.15) is 0 Å². The number of benzene rings is 1. The van der Waals surface area contributed by atoms with E-state index in [1.807, 2.05) is 19.1 Å². The van der Waals surface area contributed by atoms with E-state index in [4.69, 9.17) is 13.9 Å². The highest BCUT2D eigenvalue weighted by atomic mass is 16.6. The first-order valence-electron chi connectivity index (χ1n) is 19.0. The minimum absolute atomic E-state index is 0.0901.